The van der Waals surface area contributed by atoms with Gasteiger partial charge in [0.2, 0.25) is 0 Å². The zero-order valence-corrected chi connectivity index (χ0v) is 12.8. The first-order chi connectivity index (χ1) is 11.3. The minimum Gasteiger partial charge on any atom is -0.337 e. The molecule has 0 saturated carbocycles. The maximum absolute atomic E-state index is 12.6. The van der Waals surface area contributed by atoms with Crippen LogP contribution in [0.2, 0.25) is 0 Å². The Bertz CT molecular complexity index is 786. The van der Waals surface area contributed by atoms with Gasteiger partial charge in [0.15, 0.2) is 11.3 Å². The summed E-state index contributed by atoms with van der Waals surface area (Å²) in [7, 11) is 0. The van der Waals surface area contributed by atoms with Gasteiger partial charge in [-0.05, 0) is 30.4 Å². The molecule has 116 valence electrons. The fourth-order valence-electron chi connectivity index (χ4n) is 3.24. The van der Waals surface area contributed by atoms with Crippen molar-refractivity contribution in [3.05, 3.63) is 66.1 Å². The maximum atomic E-state index is 12.6. The number of likely N-dealkylation sites (tertiary alicyclic amines) is 1. The van der Waals surface area contributed by atoms with Gasteiger partial charge in [0.1, 0.15) is 0 Å². The third-order valence-electron chi connectivity index (χ3n) is 4.51. The summed E-state index contributed by atoms with van der Waals surface area (Å²) in [4.78, 5) is 18.7. The zero-order valence-electron chi connectivity index (χ0n) is 12.8. The van der Waals surface area contributed by atoms with E-state index < -0.39 is 0 Å². The highest BCUT2D eigenvalue weighted by Crippen LogP contribution is 2.28. The number of rotatable bonds is 2. The summed E-state index contributed by atoms with van der Waals surface area (Å²) in [5.41, 5.74) is 2.55. The SMILES string of the molecule is O=C(c1cc2ncccn2n1)N1CCC(c2ccccc2)CC1. The average molecular weight is 306 g/mol. The summed E-state index contributed by atoms with van der Waals surface area (Å²) in [6.45, 7) is 1.55. The number of nitrogens with zero attached hydrogens (tertiary/aromatic N) is 4. The van der Waals surface area contributed by atoms with Crippen LogP contribution < -0.4 is 0 Å². The monoisotopic (exact) mass is 306 g/mol. The molecule has 1 aliphatic rings. The summed E-state index contributed by atoms with van der Waals surface area (Å²) in [5.74, 6) is 0.546. The first-order valence-corrected chi connectivity index (χ1v) is 7.96. The number of fused-ring (bicyclic) bond motifs is 1. The predicted molar refractivity (Wildman–Crippen MR) is 87.3 cm³/mol. The van der Waals surface area contributed by atoms with Crippen LogP contribution in [0, 0.1) is 0 Å². The van der Waals surface area contributed by atoms with Gasteiger partial charge in [-0.1, -0.05) is 30.3 Å². The maximum Gasteiger partial charge on any atom is 0.274 e. The Morgan fingerprint density at radius 1 is 1.09 bits per heavy atom. The van der Waals surface area contributed by atoms with Gasteiger partial charge in [0.05, 0.1) is 0 Å². The van der Waals surface area contributed by atoms with E-state index in [-0.39, 0.29) is 5.91 Å². The van der Waals surface area contributed by atoms with Crippen molar-refractivity contribution in [2.75, 3.05) is 13.1 Å². The molecule has 1 amide bonds. The van der Waals surface area contributed by atoms with E-state index in [0.717, 1.165) is 25.9 Å². The molecule has 1 fully saturated rings. The standard InChI is InChI=1S/C18H18N4O/c23-18(16-13-17-19-9-4-10-22(17)20-16)21-11-7-15(8-12-21)14-5-2-1-3-6-14/h1-6,9-10,13,15H,7-8,11-12H2. The van der Waals surface area contributed by atoms with Crippen molar-refractivity contribution in [2.24, 2.45) is 0 Å². The summed E-state index contributed by atoms with van der Waals surface area (Å²) >= 11 is 0. The van der Waals surface area contributed by atoms with E-state index in [9.17, 15) is 4.79 Å². The summed E-state index contributed by atoms with van der Waals surface area (Å²) in [6.07, 6.45) is 5.51. The van der Waals surface area contributed by atoms with Gasteiger partial charge in [-0.15, -0.1) is 0 Å². The third-order valence-corrected chi connectivity index (χ3v) is 4.51. The fourth-order valence-corrected chi connectivity index (χ4v) is 3.24. The number of aromatic nitrogens is 3. The topological polar surface area (TPSA) is 50.5 Å². The predicted octanol–water partition coefficient (Wildman–Crippen LogP) is 2.75. The molecule has 23 heavy (non-hydrogen) atoms. The van der Waals surface area contributed by atoms with Gasteiger partial charge in [-0.25, -0.2) is 9.50 Å². The van der Waals surface area contributed by atoms with Crippen LogP contribution in [-0.4, -0.2) is 38.5 Å². The van der Waals surface area contributed by atoms with E-state index in [1.807, 2.05) is 11.0 Å². The normalized spacial score (nSPS) is 15.9. The molecule has 1 aliphatic heterocycles. The van der Waals surface area contributed by atoms with E-state index in [0.29, 0.717) is 17.3 Å². The van der Waals surface area contributed by atoms with Crippen molar-refractivity contribution in [3.8, 4) is 0 Å². The number of hydrogen-bond acceptors (Lipinski definition) is 3. The zero-order chi connectivity index (χ0) is 15.6. The Labute approximate surface area is 134 Å². The molecular weight excluding hydrogens is 288 g/mol. The third kappa shape index (κ3) is 2.70. The number of amides is 1. The molecule has 0 radical (unpaired) electrons. The number of carbonyl (C=O) groups is 1. The summed E-state index contributed by atoms with van der Waals surface area (Å²) < 4.78 is 1.64. The highest BCUT2D eigenvalue weighted by molar-refractivity contribution is 5.93. The molecule has 0 bridgehead atoms. The molecule has 5 nitrogen and oxygen atoms in total. The molecule has 4 rings (SSSR count). The van der Waals surface area contributed by atoms with Crippen molar-refractivity contribution in [2.45, 2.75) is 18.8 Å². The van der Waals surface area contributed by atoms with Gasteiger partial charge >= 0.3 is 0 Å². The van der Waals surface area contributed by atoms with Crippen LogP contribution in [0.5, 0.6) is 0 Å². The number of carbonyl (C=O) groups excluding carboxylic acids is 1. The van der Waals surface area contributed by atoms with E-state index in [2.05, 4.69) is 34.3 Å². The van der Waals surface area contributed by atoms with Crippen LogP contribution >= 0.6 is 0 Å². The number of benzene rings is 1. The summed E-state index contributed by atoms with van der Waals surface area (Å²) in [5, 5.41) is 4.33. The Hall–Kier alpha value is -2.69. The van der Waals surface area contributed by atoms with Gasteiger partial charge < -0.3 is 4.90 Å². The van der Waals surface area contributed by atoms with Crippen molar-refractivity contribution in [1.29, 1.82) is 0 Å². The van der Waals surface area contributed by atoms with Crippen LogP contribution in [0.1, 0.15) is 34.8 Å². The second-order valence-corrected chi connectivity index (χ2v) is 5.93. The largest absolute Gasteiger partial charge is 0.337 e. The van der Waals surface area contributed by atoms with Crippen LogP contribution in [-0.2, 0) is 0 Å². The highest BCUT2D eigenvalue weighted by atomic mass is 16.2. The first-order valence-electron chi connectivity index (χ1n) is 7.96. The van der Waals surface area contributed by atoms with Crippen molar-refractivity contribution < 1.29 is 4.79 Å². The Morgan fingerprint density at radius 2 is 1.87 bits per heavy atom. The van der Waals surface area contributed by atoms with Crippen molar-refractivity contribution in [1.82, 2.24) is 19.5 Å². The number of piperidine rings is 1. The number of hydrogen-bond donors (Lipinski definition) is 0. The molecule has 0 atom stereocenters. The van der Waals surface area contributed by atoms with Crippen LogP contribution in [0.15, 0.2) is 54.9 Å². The molecule has 5 heteroatoms. The second-order valence-electron chi connectivity index (χ2n) is 5.93. The van der Waals surface area contributed by atoms with Crippen molar-refractivity contribution in [3.63, 3.8) is 0 Å². The smallest absolute Gasteiger partial charge is 0.274 e. The molecule has 3 heterocycles. The minimum absolute atomic E-state index is 0.00186. The lowest BCUT2D eigenvalue weighted by atomic mass is 9.89. The van der Waals surface area contributed by atoms with Gasteiger partial charge in [-0.3, -0.25) is 4.79 Å². The molecule has 0 spiro atoms. The molecule has 3 aromatic rings. The lowest BCUT2D eigenvalue weighted by Crippen LogP contribution is -2.38. The van der Waals surface area contributed by atoms with Gasteiger partial charge in [-0.2, -0.15) is 5.10 Å². The quantitative estimate of drug-likeness (QED) is 0.731. The lowest BCUT2D eigenvalue weighted by Gasteiger charge is -2.31. The van der Waals surface area contributed by atoms with E-state index in [1.165, 1.54) is 5.56 Å². The molecule has 0 N–H and O–H groups in total. The molecule has 0 aliphatic carbocycles. The minimum atomic E-state index is 0.00186. The Balaban J connectivity index is 1.46. The van der Waals surface area contributed by atoms with E-state index >= 15 is 0 Å². The van der Waals surface area contributed by atoms with E-state index in [1.54, 1.807) is 29.0 Å². The lowest BCUT2D eigenvalue weighted by molar-refractivity contribution is 0.0706. The average Bonchev–Trinajstić information content (AvgIpc) is 3.06. The van der Waals surface area contributed by atoms with E-state index in [4.69, 9.17) is 0 Å². The van der Waals surface area contributed by atoms with Crippen LogP contribution in [0.4, 0.5) is 0 Å². The second kappa shape index (κ2) is 5.83. The van der Waals surface area contributed by atoms with Gasteiger partial charge in [0.25, 0.3) is 5.91 Å². The molecule has 2 aromatic heterocycles. The molecular formula is C18H18N4O. The molecule has 1 saturated heterocycles. The Morgan fingerprint density at radius 3 is 2.61 bits per heavy atom. The summed E-state index contributed by atoms with van der Waals surface area (Å²) in [6, 6.07) is 14.1. The van der Waals surface area contributed by atoms with Gasteiger partial charge in [0, 0.05) is 31.5 Å². The molecule has 1 aromatic carbocycles. The van der Waals surface area contributed by atoms with Crippen molar-refractivity contribution >= 4 is 11.6 Å². The van der Waals surface area contributed by atoms with Crippen LogP contribution in [0.3, 0.4) is 0 Å². The van der Waals surface area contributed by atoms with Crippen LogP contribution in [0.25, 0.3) is 5.65 Å². The first kappa shape index (κ1) is 13.9. The Kier molecular flexibility index (Phi) is 3.54. The molecule has 0 unspecified atom stereocenters. The fraction of sp³-hybridized carbons (Fsp3) is 0.278. The highest BCUT2D eigenvalue weighted by Gasteiger charge is 2.25.